The van der Waals surface area contributed by atoms with Gasteiger partial charge >= 0.3 is 0 Å². The maximum Gasteiger partial charge on any atom is 0.254 e. The fourth-order valence-electron chi connectivity index (χ4n) is 5.16. The highest BCUT2D eigenvalue weighted by Crippen LogP contribution is 2.39. The number of rotatable bonds is 6. The zero-order valence-electron chi connectivity index (χ0n) is 18.2. The number of aromatic amines is 1. The number of aromatic nitrogens is 2. The molecule has 4 N–H and O–H groups in total. The van der Waals surface area contributed by atoms with Crippen molar-refractivity contribution >= 4 is 34.2 Å². The number of carbonyl (C=O) groups is 2. The number of H-pyrrole nitrogens is 1. The zero-order valence-corrected chi connectivity index (χ0v) is 18.2. The number of fused-ring (bicyclic) bond motifs is 3. The van der Waals surface area contributed by atoms with Crippen LogP contribution < -0.4 is 16.3 Å². The maximum absolute atomic E-state index is 13.3. The quantitative estimate of drug-likeness (QED) is 0.492. The second-order valence-corrected chi connectivity index (χ2v) is 8.55. The maximum atomic E-state index is 13.3. The normalized spacial score (nSPS) is 21.9. The second kappa shape index (κ2) is 8.38. The number of amides is 2. The number of anilines is 2. The third-order valence-corrected chi connectivity index (χ3v) is 6.66. The summed E-state index contributed by atoms with van der Waals surface area (Å²) in [5.74, 6) is -0.561. The van der Waals surface area contributed by atoms with E-state index in [1.165, 1.54) is 13.3 Å². The Morgan fingerprint density at radius 2 is 1.91 bits per heavy atom. The molecule has 2 amide bonds. The minimum Gasteiger partial charge on any atom is -0.733 e. The average molecular weight is 449 g/mol. The summed E-state index contributed by atoms with van der Waals surface area (Å²) in [7, 11) is 1.29. The van der Waals surface area contributed by atoms with Crippen molar-refractivity contribution in [1.82, 2.24) is 14.9 Å². The number of nitrogens with one attached hydrogen (secondary N) is 2. The molecule has 0 aliphatic carbocycles. The van der Waals surface area contributed by atoms with E-state index in [9.17, 15) is 14.8 Å². The second-order valence-electron chi connectivity index (χ2n) is 8.55. The highest BCUT2D eigenvalue weighted by molar-refractivity contribution is 6.06. The Labute approximate surface area is 190 Å². The first kappa shape index (κ1) is 21.2. The van der Waals surface area contributed by atoms with E-state index in [0.29, 0.717) is 33.4 Å². The SMILES string of the molecule is CON([O-])c1ccc(C(=O)N2[C@@H]3CC[C@H]2CC(Nc2c(C(N)=O)cnc4[nH]ccc24)C3)cc1. The van der Waals surface area contributed by atoms with E-state index in [2.05, 4.69) is 20.1 Å². The Balaban J connectivity index is 1.34. The summed E-state index contributed by atoms with van der Waals surface area (Å²) in [6.07, 6.45) is 6.68. The predicted molar refractivity (Wildman–Crippen MR) is 124 cm³/mol. The van der Waals surface area contributed by atoms with Gasteiger partial charge in [-0.1, -0.05) is 0 Å². The third kappa shape index (κ3) is 3.77. The lowest BCUT2D eigenvalue weighted by Gasteiger charge is -2.40. The number of nitrogens with two attached hydrogens (primary N) is 1. The molecule has 172 valence electrons. The van der Waals surface area contributed by atoms with Gasteiger partial charge in [-0.3, -0.25) is 14.4 Å². The number of nitrogens with zero attached hydrogens (tertiary/aromatic N) is 3. The van der Waals surface area contributed by atoms with Gasteiger partial charge in [0.15, 0.2) is 0 Å². The van der Waals surface area contributed by atoms with Crippen molar-refractivity contribution in [3.8, 4) is 0 Å². The van der Waals surface area contributed by atoms with Crippen LogP contribution >= 0.6 is 0 Å². The van der Waals surface area contributed by atoms with Gasteiger partial charge in [-0.15, -0.1) is 0 Å². The Hall–Kier alpha value is -3.63. The molecule has 2 fully saturated rings. The summed E-state index contributed by atoms with van der Waals surface area (Å²) < 4.78 is 0. The number of primary amides is 1. The lowest BCUT2D eigenvalue weighted by atomic mass is 9.95. The van der Waals surface area contributed by atoms with Crippen LogP contribution in [0.1, 0.15) is 46.4 Å². The lowest BCUT2D eigenvalue weighted by molar-refractivity contribution is 0.0583. The molecule has 1 unspecified atom stereocenters. The molecular weight excluding hydrogens is 424 g/mol. The topological polar surface area (TPSA) is 140 Å². The molecule has 10 heteroatoms. The number of carbonyl (C=O) groups excluding carboxylic acids is 2. The third-order valence-electron chi connectivity index (χ3n) is 6.66. The standard InChI is InChI=1S/C23H25N6O4/c1-33-29(32)15-4-2-13(3-5-15)23(31)28-16-6-7-17(28)11-14(10-16)27-20-18-8-9-25-22(18)26-12-19(20)21(24)30/h2-5,8-9,12,14,16-17H,6-7,10-11H2,1H3,(H2,24,30)(H2,25,26,27)/q-1/t14?,16-,17+. The number of piperidine rings is 1. The molecule has 2 aromatic heterocycles. The Morgan fingerprint density at radius 1 is 1.21 bits per heavy atom. The molecule has 3 atom stereocenters. The van der Waals surface area contributed by atoms with Crippen molar-refractivity contribution in [3.63, 3.8) is 0 Å². The molecule has 0 spiro atoms. The van der Waals surface area contributed by atoms with Gasteiger partial charge in [-0.05, 0) is 56.0 Å². The largest absolute Gasteiger partial charge is 0.733 e. The highest BCUT2D eigenvalue weighted by atomic mass is 16.9. The molecule has 2 aliphatic rings. The van der Waals surface area contributed by atoms with Gasteiger partial charge in [0.25, 0.3) is 11.8 Å². The Kier molecular flexibility index (Phi) is 5.39. The van der Waals surface area contributed by atoms with Crippen LogP contribution in [-0.4, -0.2) is 51.9 Å². The molecule has 2 saturated heterocycles. The van der Waals surface area contributed by atoms with Gasteiger partial charge in [0.05, 0.1) is 24.0 Å². The minimum absolute atomic E-state index is 0.0304. The fraction of sp³-hybridized carbons (Fsp3) is 0.348. The summed E-state index contributed by atoms with van der Waals surface area (Å²) in [4.78, 5) is 39.2. The van der Waals surface area contributed by atoms with Crippen molar-refractivity contribution in [2.75, 3.05) is 17.7 Å². The van der Waals surface area contributed by atoms with Crippen LogP contribution in [0.5, 0.6) is 0 Å². The van der Waals surface area contributed by atoms with Crippen molar-refractivity contribution < 1.29 is 14.4 Å². The number of hydrogen-bond donors (Lipinski definition) is 3. The van der Waals surface area contributed by atoms with Crippen LogP contribution in [0.15, 0.2) is 42.7 Å². The van der Waals surface area contributed by atoms with Crippen LogP contribution in [0.25, 0.3) is 11.0 Å². The molecule has 0 saturated carbocycles. The van der Waals surface area contributed by atoms with Crippen molar-refractivity contribution in [1.29, 1.82) is 0 Å². The molecule has 33 heavy (non-hydrogen) atoms. The van der Waals surface area contributed by atoms with Crippen LogP contribution in [-0.2, 0) is 4.84 Å². The first-order valence-electron chi connectivity index (χ1n) is 10.9. The molecule has 2 bridgehead atoms. The summed E-state index contributed by atoms with van der Waals surface area (Å²) in [6.45, 7) is 0. The van der Waals surface area contributed by atoms with Gasteiger partial charge in [0, 0.05) is 41.5 Å². The van der Waals surface area contributed by atoms with Gasteiger partial charge in [0.2, 0.25) is 0 Å². The molecule has 2 aliphatic heterocycles. The zero-order chi connectivity index (χ0) is 23.1. The minimum atomic E-state index is -0.530. The predicted octanol–water partition coefficient (Wildman–Crippen LogP) is 2.78. The molecule has 10 nitrogen and oxygen atoms in total. The molecule has 4 heterocycles. The lowest BCUT2D eigenvalue weighted by Crippen LogP contribution is -2.49. The molecular formula is C23H25N6O4-. The molecule has 1 aromatic carbocycles. The van der Waals surface area contributed by atoms with E-state index in [-0.39, 0.29) is 24.0 Å². The van der Waals surface area contributed by atoms with E-state index < -0.39 is 5.91 Å². The van der Waals surface area contributed by atoms with Crippen LogP contribution in [0.4, 0.5) is 11.4 Å². The van der Waals surface area contributed by atoms with Crippen LogP contribution in [0, 0.1) is 5.21 Å². The summed E-state index contributed by atoms with van der Waals surface area (Å²) in [5.41, 5.74) is 8.21. The van der Waals surface area contributed by atoms with E-state index in [1.54, 1.807) is 30.5 Å². The van der Waals surface area contributed by atoms with E-state index in [4.69, 9.17) is 5.73 Å². The highest BCUT2D eigenvalue weighted by Gasteiger charge is 2.43. The Bertz CT molecular complexity index is 1180. The number of hydrogen-bond acceptors (Lipinski definition) is 7. The van der Waals surface area contributed by atoms with E-state index >= 15 is 0 Å². The molecule has 5 rings (SSSR count). The van der Waals surface area contributed by atoms with Crippen molar-refractivity contribution in [2.24, 2.45) is 5.73 Å². The van der Waals surface area contributed by atoms with Gasteiger partial charge < -0.3 is 31.4 Å². The van der Waals surface area contributed by atoms with Gasteiger partial charge in [-0.25, -0.2) is 4.98 Å². The van der Waals surface area contributed by atoms with E-state index in [0.717, 1.165) is 31.1 Å². The van der Waals surface area contributed by atoms with Crippen molar-refractivity contribution in [3.05, 3.63) is 59.1 Å². The molecule has 3 aromatic rings. The van der Waals surface area contributed by atoms with Crippen LogP contribution in [0.3, 0.4) is 0 Å². The Morgan fingerprint density at radius 3 is 2.55 bits per heavy atom. The first-order chi connectivity index (χ1) is 16.0. The van der Waals surface area contributed by atoms with Gasteiger partial charge in [-0.2, -0.15) is 0 Å². The summed E-state index contributed by atoms with van der Waals surface area (Å²) >= 11 is 0. The number of pyridine rings is 1. The first-order valence-corrected chi connectivity index (χ1v) is 10.9. The summed E-state index contributed by atoms with van der Waals surface area (Å²) in [6, 6.07) is 8.65. The average Bonchev–Trinajstić information content (AvgIpc) is 3.40. The monoisotopic (exact) mass is 449 g/mol. The summed E-state index contributed by atoms with van der Waals surface area (Å²) in [5, 5.41) is 16.3. The van der Waals surface area contributed by atoms with E-state index in [1.807, 2.05) is 11.0 Å². The van der Waals surface area contributed by atoms with Crippen molar-refractivity contribution in [2.45, 2.75) is 43.8 Å². The molecule has 0 radical (unpaired) electrons. The fourth-order valence-corrected chi connectivity index (χ4v) is 5.16. The van der Waals surface area contributed by atoms with Crippen LogP contribution in [0.2, 0.25) is 0 Å². The van der Waals surface area contributed by atoms with Gasteiger partial charge in [0.1, 0.15) is 5.65 Å². The smallest absolute Gasteiger partial charge is 0.254 e. The number of benzene rings is 1.